The first-order chi connectivity index (χ1) is 22.8. The van der Waals surface area contributed by atoms with Crippen molar-refractivity contribution >= 4 is 48.2 Å². The molecule has 46 heavy (non-hydrogen) atoms. The van der Waals surface area contributed by atoms with Crippen molar-refractivity contribution in [2.24, 2.45) is 0 Å². The Hall–Kier alpha value is -4.67. The molecule has 228 valence electrons. The average Bonchev–Trinajstić information content (AvgIpc) is 3.56. The van der Waals surface area contributed by atoms with Crippen LogP contribution in [0.4, 0.5) is 0 Å². The zero-order chi connectivity index (χ0) is 31.4. The predicted octanol–water partition coefficient (Wildman–Crippen LogP) is 6.98. The van der Waals surface area contributed by atoms with Crippen LogP contribution in [0.5, 0.6) is 0 Å². The second-order valence-corrected chi connectivity index (χ2v) is 16.1. The molecule has 0 atom stereocenters. The standard InChI is InChI=1S/C42H43BN2Si/c1-2-3-4-9-18-35-27-29-40(30-28-35)46(38-23-14-7-15-24-38,39-25-16-8-17-26-39)34-45-32-31-44-42(45)43-41(37-21-12-6-13-22-37)33-36-19-10-5-11-20-36/h5-8,10-17,19-33,43H,2-4,9,18,34H2,1H3. The van der Waals surface area contributed by atoms with Crippen molar-refractivity contribution in [3.8, 4) is 0 Å². The number of hydrogen-bond donors (Lipinski definition) is 0. The van der Waals surface area contributed by atoms with Crippen molar-refractivity contribution in [1.29, 1.82) is 0 Å². The number of aromatic nitrogens is 2. The van der Waals surface area contributed by atoms with Crippen LogP contribution in [0.3, 0.4) is 0 Å². The Labute approximate surface area is 276 Å². The molecule has 1 heterocycles. The van der Waals surface area contributed by atoms with Crippen LogP contribution in [0.25, 0.3) is 11.5 Å². The first-order valence-corrected chi connectivity index (χ1v) is 19.0. The molecule has 0 aliphatic heterocycles. The number of nitrogens with zero attached hydrogens (tertiary/aromatic N) is 2. The highest BCUT2D eigenvalue weighted by Gasteiger charge is 2.40. The maximum absolute atomic E-state index is 5.00. The summed E-state index contributed by atoms with van der Waals surface area (Å²) >= 11 is 0. The highest BCUT2D eigenvalue weighted by molar-refractivity contribution is 7.10. The molecule has 1 aromatic heterocycles. The monoisotopic (exact) mass is 614 g/mol. The first-order valence-electron chi connectivity index (χ1n) is 16.8. The van der Waals surface area contributed by atoms with E-state index in [0.717, 1.165) is 25.6 Å². The van der Waals surface area contributed by atoms with E-state index in [2.05, 4.69) is 169 Å². The topological polar surface area (TPSA) is 17.8 Å². The summed E-state index contributed by atoms with van der Waals surface area (Å²) < 4.78 is 2.44. The minimum absolute atomic E-state index is 0.747. The molecule has 0 spiro atoms. The van der Waals surface area contributed by atoms with Gasteiger partial charge in [0.05, 0.1) is 5.72 Å². The lowest BCUT2D eigenvalue weighted by atomic mass is 9.65. The molecule has 6 rings (SSSR count). The Morgan fingerprint density at radius 3 is 1.83 bits per heavy atom. The molecule has 0 unspecified atom stereocenters. The summed E-state index contributed by atoms with van der Waals surface area (Å²) in [5, 5.41) is 4.27. The third kappa shape index (κ3) is 7.41. The minimum atomic E-state index is -2.53. The van der Waals surface area contributed by atoms with E-state index >= 15 is 0 Å². The van der Waals surface area contributed by atoms with Crippen LogP contribution in [0.1, 0.15) is 49.3 Å². The van der Waals surface area contributed by atoms with Crippen LogP contribution < -0.4 is 21.3 Å². The van der Waals surface area contributed by atoms with E-state index in [4.69, 9.17) is 4.98 Å². The molecular formula is C42H43BN2Si. The molecule has 0 N–H and O–H groups in total. The molecule has 0 aliphatic carbocycles. The number of benzene rings is 5. The van der Waals surface area contributed by atoms with Crippen LogP contribution in [0.15, 0.2) is 158 Å². The predicted molar refractivity (Wildman–Crippen MR) is 202 cm³/mol. The van der Waals surface area contributed by atoms with Crippen LogP contribution in [0, 0.1) is 0 Å². The lowest BCUT2D eigenvalue weighted by Crippen LogP contribution is -2.70. The summed E-state index contributed by atoms with van der Waals surface area (Å²) in [6.45, 7) is 2.28. The molecule has 0 fully saturated rings. The molecule has 0 bridgehead atoms. The SMILES string of the molecule is CCCCCCc1ccc([Si](Cn2ccnc2BC(=Cc2ccccc2)c2ccccc2)(c2ccccc2)c2ccccc2)cc1. The van der Waals surface area contributed by atoms with Crippen molar-refractivity contribution < 1.29 is 0 Å². The van der Waals surface area contributed by atoms with Gasteiger partial charge in [0.1, 0.15) is 0 Å². The number of unbranched alkanes of at least 4 members (excludes halogenated alkanes) is 3. The molecule has 6 aromatic rings. The molecule has 0 saturated heterocycles. The Morgan fingerprint density at radius 1 is 0.652 bits per heavy atom. The molecular weight excluding hydrogens is 571 g/mol. The summed E-state index contributed by atoms with van der Waals surface area (Å²) in [4.78, 5) is 5.00. The summed E-state index contributed by atoms with van der Waals surface area (Å²) in [7, 11) is -1.78. The van der Waals surface area contributed by atoms with E-state index < -0.39 is 8.07 Å². The number of imidazole rings is 1. The maximum atomic E-state index is 5.00. The normalized spacial score (nSPS) is 11.8. The lowest BCUT2D eigenvalue weighted by molar-refractivity contribution is 0.667. The Bertz CT molecular complexity index is 1760. The largest absolute Gasteiger partial charge is 0.345 e. The Morgan fingerprint density at radius 2 is 1.22 bits per heavy atom. The second-order valence-electron chi connectivity index (χ2n) is 12.2. The summed E-state index contributed by atoms with van der Waals surface area (Å²) in [5.41, 5.74) is 6.21. The van der Waals surface area contributed by atoms with E-state index in [1.807, 2.05) is 6.20 Å². The third-order valence-electron chi connectivity index (χ3n) is 9.14. The highest BCUT2D eigenvalue weighted by atomic mass is 28.3. The summed E-state index contributed by atoms with van der Waals surface area (Å²) in [6, 6.07) is 53.5. The molecule has 4 heteroatoms. The highest BCUT2D eigenvalue weighted by Crippen LogP contribution is 2.18. The number of hydrogen-bond acceptors (Lipinski definition) is 1. The average molecular weight is 615 g/mol. The van der Waals surface area contributed by atoms with Gasteiger partial charge in [-0.2, -0.15) is 0 Å². The van der Waals surface area contributed by atoms with E-state index in [9.17, 15) is 0 Å². The van der Waals surface area contributed by atoms with Gasteiger partial charge in [-0.1, -0.05) is 183 Å². The fourth-order valence-electron chi connectivity index (χ4n) is 6.65. The number of rotatable bonds is 14. The summed E-state index contributed by atoms with van der Waals surface area (Å²) in [6.07, 6.45) is 13.6. The fourth-order valence-corrected chi connectivity index (χ4v) is 11.3. The van der Waals surface area contributed by atoms with Crippen molar-refractivity contribution in [2.45, 2.75) is 45.2 Å². The second kappa shape index (κ2) is 15.6. The van der Waals surface area contributed by atoms with Crippen LogP contribution in [-0.2, 0) is 12.6 Å². The van der Waals surface area contributed by atoms with Gasteiger partial charge in [-0.15, -0.1) is 0 Å². The smallest absolute Gasteiger partial charge is 0.239 e. The summed E-state index contributed by atoms with van der Waals surface area (Å²) in [5.74, 6) is 0. The molecule has 2 nitrogen and oxygen atoms in total. The minimum Gasteiger partial charge on any atom is -0.345 e. The molecule has 0 aliphatic rings. The zero-order valence-corrected chi connectivity index (χ0v) is 27.9. The van der Waals surface area contributed by atoms with E-state index in [0.29, 0.717) is 0 Å². The van der Waals surface area contributed by atoms with Crippen LogP contribution in [-0.4, -0.2) is 24.9 Å². The number of aryl methyl sites for hydroxylation is 1. The van der Waals surface area contributed by atoms with Crippen molar-refractivity contribution in [1.82, 2.24) is 9.55 Å². The third-order valence-corrected chi connectivity index (χ3v) is 13.9. The Balaban J connectivity index is 1.42. The molecule has 0 radical (unpaired) electrons. The fraction of sp³-hybridized carbons (Fsp3) is 0.167. The van der Waals surface area contributed by atoms with Gasteiger partial charge in [0, 0.05) is 18.6 Å². The van der Waals surface area contributed by atoms with Gasteiger partial charge in [0.2, 0.25) is 7.28 Å². The van der Waals surface area contributed by atoms with E-state index in [-0.39, 0.29) is 0 Å². The Kier molecular flexibility index (Phi) is 10.6. The zero-order valence-electron chi connectivity index (χ0n) is 26.9. The molecule has 0 amide bonds. The quantitative estimate of drug-likeness (QED) is 0.0561. The molecule has 5 aromatic carbocycles. The lowest BCUT2D eigenvalue weighted by Gasteiger charge is -2.35. The van der Waals surface area contributed by atoms with Crippen molar-refractivity contribution in [2.75, 3.05) is 0 Å². The van der Waals surface area contributed by atoms with Crippen molar-refractivity contribution in [3.63, 3.8) is 0 Å². The van der Waals surface area contributed by atoms with Gasteiger partial charge >= 0.3 is 0 Å². The van der Waals surface area contributed by atoms with Gasteiger partial charge < -0.3 is 4.57 Å². The van der Waals surface area contributed by atoms with Crippen LogP contribution >= 0.6 is 0 Å². The van der Waals surface area contributed by atoms with Gasteiger partial charge in [-0.25, -0.2) is 0 Å². The van der Waals surface area contributed by atoms with E-state index in [1.54, 1.807) is 0 Å². The maximum Gasteiger partial charge on any atom is 0.239 e. The van der Waals surface area contributed by atoms with Gasteiger partial charge in [0.25, 0.3) is 0 Å². The first kappa shape index (κ1) is 31.3. The van der Waals surface area contributed by atoms with E-state index in [1.165, 1.54) is 63.4 Å². The van der Waals surface area contributed by atoms with Crippen molar-refractivity contribution in [3.05, 3.63) is 175 Å². The van der Waals surface area contributed by atoms with Gasteiger partial charge in [-0.05, 0) is 45.1 Å². The van der Waals surface area contributed by atoms with Gasteiger partial charge in [0.15, 0.2) is 8.07 Å². The molecule has 0 saturated carbocycles. The van der Waals surface area contributed by atoms with Crippen LogP contribution in [0.2, 0.25) is 0 Å². The van der Waals surface area contributed by atoms with Gasteiger partial charge in [-0.3, -0.25) is 4.98 Å².